The number of amides is 2. The minimum Gasteiger partial charge on any atom is -0.348 e. The van der Waals surface area contributed by atoms with Crippen molar-refractivity contribution >= 4 is 23.4 Å². The topological polar surface area (TPSA) is 58.2 Å². The molecule has 1 unspecified atom stereocenters. The zero-order valence-electron chi connectivity index (χ0n) is 15.4. The second-order valence-electron chi connectivity index (χ2n) is 6.82. The van der Waals surface area contributed by atoms with E-state index in [0.29, 0.717) is 16.5 Å². The van der Waals surface area contributed by atoms with Crippen molar-refractivity contribution in [1.82, 2.24) is 10.6 Å². The maximum Gasteiger partial charge on any atom is 0.251 e. The van der Waals surface area contributed by atoms with Crippen LogP contribution in [0.5, 0.6) is 0 Å². The summed E-state index contributed by atoms with van der Waals surface area (Å²) in [5.41, 5.74) is 2.75. The van der Waals surface area contributed by atoms with Gasteiger partial charge in [-0.25, -0.2) is 0 Å². The first-order valence-electron chi connectivity index (χ1n) is 8.77. The Morgan fingerprint density at radius 2 is 1.73 bits per heavy atom. The standard InChI is InChI=1S/C21H25ClN2O2/c1-14(2)11-16-7-9-17(10-8-16)15(3)24-20(25)13-23-21(26)18-5-4-6-19(22)12-18/h4-10,12,14-15H,11,13H2,1-3H3,(H,23,26)(H,24,25). The molecule has 0 aromatic heterocycles. The van der Waals surface area contributed by atoms with Gasteiger partial charge in [-0.2, -0.15) is 0 Å². The molecule has 0 heterocycles. The van der Waals surface area contributed by atoms with Crippen LogP contribution in [0, 0.1) is 5.92 Å². The number of benzene rings is 2. The third-order valence-electron chi connectivity index (χ3n) is 4.00. The molecule has 5 heteroatoms. The third-order valence-corrected chi connectivity index (χ3v) is 4.23. The largest absolute Gasteiger partial charge is 0.348 e. The Kier molecular flexibility index (Phi) is 7.22. The van der Waals surface area contributed by atoms with Crippen LogP contribution >= 0.6 is 11.6 Å². The molecular weight excluding hydrogens is 348 g/mol. The molecule has 0 aliphatic rings. The Hall–Kier alpha value is -2.33. The van der Waals surface area contributed by atoms with Crippen LogP contribution in [0.2, 0.25) is 5.02 Å². The first-order chi connectivity index (χ1) is 12.3. The molecule has 0 aliphatic heterocycles. The van der Waals surface area contributed by atoms with Crippen molar-refractivity contribution in [3.05, 3.63) is 70.2 Å². The van der Waals surface area contributed by atoms with Crippen molar-refractivity contribution in [1.29, 1.82) is 0 Å². The molecule has 4 nitrogen and oxygen atoms in total. The van der Waals surface area contributed by atoms with Crippen LogP contribution < -0.4 is 10.6 Å². The van der Waals surface area contributed by atoms with Crippen molar-refractivity contribution in [2.24, 2.45) is 5.92 Å². The van der Waals surface area contributed by atoms with Crippen LogP contribution in [0.15, 0.2) is 48.5 Å². The van der Waals surface area contributed by atoms with Gasteiger partial charge in [-0.15, -0.1) is 0 Å². The lowest BCUT2D eigenvalue weighted by Gasteiger charge is -2.15. The van der Waals surface area contributed by atoms with Crippen molar-refractivity contribution < 1.29 is 9.59 Å². The number of carbonyl (C=O) groups is 2. The molecule has 0 bridgehead atoms. The fourth-order valence-corrected chi connectivity index (χ4v) is 2.87. The summed E-state index contributed by atoms with van der Waals surface area (Å²) in [7, 11) is 0. The molecule has 0 saturated heterocycles. The third kappa shape index (κ3) is 6.19. The van der Waals surface area contributed by atoms with Gasteiger partial charge in [0, 0.05) is 10.6 Å². The van der Waals surface area contributed by atoms with Crippen molar-refractivity contribution in [2.45, 2.75) is 33.2 Å². The number of carbonyl (C=O) groups excluding carboxylic acids is 2. The summed E-state index contributed by atoms with van der Waals surface area (Å²) in [6, 6.07) is 14.7. The SMILES string of the molecule is CC(C)Cc1ccc(C(C)NC(=O)CNC(=O)c2cccc(Cl)c2)cc1. The van der Waals surface area contributed by atoms with E-state index >= 15 is 0 Å². The summed E-state index contributed by atoms with van der Waals surface area (Å²) >= 11 is 5.87. The summed E-state index contributed by atoms with van der Waals surface area (Å²) in [6.07, 6.45) is 1.04. The van der Waals surface area contributed by atoms with Gasteiger partial charge < -0.3 is 10.6 Å². The van der Waals surface area contributed by atoms with Gasteiger partial charge in [0.2, 0.25) is 5.91 Å². The molecule has 26 heavy (non-hydrogen) atoms. The van der Waals surface area contributed by atoms with E-state index in [1.54, 1.807) is 24.3 Å². The quantitative estimate of drug-likeness (QED) is 0.767. The molecule has 2 aromatic carbocycles. The predicted molar refractivity (Wildman–Crippen MR) is 105 cm³/mol. The van der Waals surface area contributed by atoms with E-state index in [9.17, 15) is 9.59 Å². The minimum absolute atomic E-state index is 0.0822. The monoisotopic (exact) mass is 372 g/mol. The number of nitrogens with one attached hydrogen (secondary N) is 2. The van der Waals surface area contributed by atoms with Crippen LogP contribution in [-0.2, 0) is 11.2 Å². The van der Waals surface area contributed by atoms with Crippen molar-refractivity contribution in [2.75, 3.05) is 6.54 Å². The van der Waals surface area contributed by atoms with Crippen LogP contribution in [0.1, 0.15) is 48.3 Å². The maximum absolute atomic E-state index is 12.1. The van der Waals surface area contributed by atoms with Gasteiger partial charge in [-0.1, -0.05) is 55.8 Å². The van der Waals surface area contributed by atoms with E-state index in [4.69, 9.17) is 11.6 Å². The normalized spacial score (nSPS) is 11.9. The van der Waals surface area contributed by atoms with Gasteiger partial charge in [0.15, 0.2) is 0 Å². The Labute approximate surface area is 159 Å². The number of hydrogen-bond acceptors (Lipinski definition) is 2. The lowest BCUT2D eigenvalue weighted by molar-refractivity contribution is -0.120. The summed E-state index contributed by atoms with van der Waals surface area (Å²) in [6.45, 7) is 6.22. The average Bonchev–Trinajstić information content (AvgIpc) is 2.59. The fourth-order valence-electron chi connectivity index (χ4n) is 2.68. The number of halogens is 1. The molecule has 0 fully saturated rings. The van der Waals surface area contributed by atoms with Crippen LogP contribution in [0.25, 0.3) is 0 Å². The van der Waals surface area contributed by atoms with Gasteiger partial charge in [0.1, 0.15) is 0 Å². The van der Waals surface area contributed by atoms with Gasteiger partial charge in [-0.3, -0.25) is 9.59 Å². The summed E-state index contributed by atoms with van der Waals surface area (Å²) < 4.78 is 0. The fraction of sp³-hybridized carbons (Fsp3) is 0.333. The highest BCUT2D eigenvalue weighted by Crippen LogP contribution is 2.15. The Morgan fingerprint density at radius 1 is 1.04 bits per heavy atom. The average molecular weight is 373 g/mol. The molecule has 2 aromatic rings. The van der Waals surface area contributed by atoms with E-state index in [1.807, 2.05) is 19.1 Å². The lowest BCUT2D eigenvalue weighted by Crippen LogP contribution is -2.38. The van der Waals surface area contributed by atoms with Gasteiger partial charge in [0.25, 0.3) is 5.91 Å². The zero-order valence-corrected chi connectivity index (χ0v) is 16.1. The van der Waals surface area contributed by atoms with Gasteiger partial charge in [-0.05, 0) is 48.6 Å². The predicted octanol–water partition coefficient (Wildman–Crippen LogP) is 4.15. The highest BCUT2D eigenvalue weighted by molar-refractivity contribution is 6.30. The molecule has 1 atom stereocenters. The minimum atomic E-state index is -0.326. The van der Waals surface area contributed by atoms with Gasteiger partial charge >= 0.3 is 0 Å². The van der Waals surface area contributed by atoms with Gasteiger partial charge in [0.05, 0.1) is 12.6 Å². The lowest BCUT2D eigenvalue weighted by atomic mass is 10.00. The summed E-state index contributed by atoms with van der Waals surface area (Å²) in [4.78, 5) is 24.1. The molecule has 0 saturated carbocycles. The van der Waals surface area contributed by atoms with E-state index in [2.05, 4.69) is 36.6 Å². The van der Waals surface area contributed by atoms with Crippen LogP contribution in [0.3, 0.4) is 0 Å². The second kappa shape index (κ2) is 9.39. The maximum atomic E-state index is 12.1. The van der Waals surface area contributed by atoms with E-state index in [1.165, 1.54) is 5.56 Å². The van der Waals surface area contributed by atoms with Crippen molar-refractivity contribution in [3.8, 4) is 0 Å². The van der Waals surface area contributed by atoms with Crippen LogP contribution in [0.4, 0.5) is 0 Å². The molecule has 138 valence electrons. The number of rotatable bonds is 7. The van der Waals surface area contributed by atoms with Crippen molar-refractivity contribution in [3.63, 3.8) is 0 Å². The second-order valence-corrected chi connectivity index (χ2v) is 7.26. The molecular formula is C21H25ClN2O2. The Morgan fingerprint density at radius 3 is 2.35 bits per heavy atom. The van der Waals surface area contributed by atoms with E-state index < -0.39 is 0 Å². The molecule has 0 spiro atoms. The molecule has 0 aliphatic carbocycles. The zero-order chi connectivity index (χ0) is 19.1. The highest BCUT2D eigenvalue weighted by Gasteiger charge is 2.12. The number of hydrogen-bond donors (Lipinski definition) is 2. The first-order valence-corrected chi connectivity index (χ1v) is 9.15. The van der Waals surface area contributed by atoms with E-state index in [-0.39, 0.29) is 24.4 Å². The highest BCUT2D eigenvalue weighted by atomic mass is 35.5. The first kappa shape index (κ1) is 20.0. The molecule has 2 amide bonds. The summed E-state index contributed by atoms with van der Waals surface area (Å²) in [5.74, 6) is 0.0496. The summed E-state index contributed by atoms with van der Waals surface area (Å²) in [5, 5.41) is 5.98. The molecule has 2 rings (SSSR count). The van der Waals surface area contributed by atoms with E-state index in [0.717, 1.165) is 12.0 Å². The molecule has 2 N–H and O–H groups in total. The smallest absolute Gasteiger partial charge is 0.251 e. The Bertz CT molecular complexity index is 757. The van der Waals surface area contributed by atoms with Crippen LogP contribution in [-0.4, -0.2) is 18.4 Å². The Balaban J connectivity index is 1.84. The molecule has 0 radical (unpaired) electrons.